The van der Waals surface area contributed by atoms with Crippen LogP contribution in [0, 0.1) is 0 Å². The van der Waals surface area contributed by atoms with E-state index in [4.69, 9.17) is 0 Å². The first-order chi connectivity index (χ1) is 13.0. The van der Waals surface area contributed by atoms with Crippen LogP contribution in [0.2, 0.25) is 0 Å². The largest absolute Gasteiger partial charge is 0.371 e. The predicted molar refractivity (Wildman–Crippen MR) is 118 cm³/mol. The van der Waals surface area contributed by atoms with E-state index in [2.05, 4.69) is 5.32 Å². The van der Waals surface area contributed by atoms with Gasteiger partial charge in [0.2, 0.25) is 5.91 Å². The van der Waals surface area contributed by atoms with Crippen LogP contribution in [-0.2, 0) is 14.4 Å². The second kappa shape index (κ2) is 26.1. The van der Waals surface area contributed by atoms with Gasteiger partial charge in [-0.15, -0.1) is 0 Å². The molecule has 0 aromatic rings. The SMILES string of the molecule is C/C=C(/C=C\N(C)C(C=O)CCC(=O)NC)C(\C=O)=C/C.CC.CC.CC. The molecule has 1 N–H and O–H groups in total. The average Bonchev–Trinajstić information content (AvgIpc) is 2.75. The van der Waals surface area contributed by atoms with E-state index in [1.54, 1.807) is 44.3 Å². The molecular formula is C22H42N2O3. The summed E-state index contributed by atoms with van der Waals surface area (Å²) in [6.07, 6.45) is 9.43. The van der Waals surface area contributed by atoms with Crippen LogP contribution in [0.25, 0.3) is 0 Å². The van der Waals surface area contributed by atoms with Crippen molar-refractivity contribution in [2.24, 2.45) is 0 Å². The number of hydrogen-bond donors (Lipinski definition) is 1. The molecule has 0 rings (SSSR count). The van der Waals surface area contributed by atoms with E-state index in [0.29, 0.717) is 18.4 Å². The van der Waals surface area contributed by atoms with E-state index in [-0.39, 0.29) is 11.9 Å². The van der Waals surface area contributed by atoms with Crippen molar-refractivity contribution in [1.82, 2.24) is 10.2 Å². The minimum Gasteiger partial charge on any atom is -0.371 e. The van der Waals surface area contributed by atoms with Crippen LogP contribution in [0.5, 0.6) is 0 Å². The zero-order valence-corrected chi connectivity index (χ0v) is 19.1. The highest BCUT2D eigenvalue weighted by Crippen LogP contribution is 2.11. The summed E-state index contributed by atoms with van der Waals surface area (Å²) < 4.78 is 0. The minimum absolute atomic E-state index is 0.0921. The van der Waals surface area contributed by atoms with Gasteiger partial charge < -0.3 is 15.0 Å². The van der Waals surface area contributed by atoms with Crippen LogP contribution in [0.3, 0.4) is 0 Å². The number of amides is 1. The molecule has 0 fully saturated rings. The third kappa shape index (κ3) is 17.0. The van der Waals surface area contributed by atoms with Gasteiger partial charge in [0.05, 0.1) is 6.04 Å². The number of carbonyl (C=O) groups excluding carboxylic acids is 3. The van der Waals surface area contributed by atoms with Crippen LogP contribution in [-0.4, -0.2) is 43.5 Å². The van der Waals surface area contributed by atoms with Gasteiger partial charge in [-0.3, -0.25) is 9.59 Å². The molecule has 0 saturated carbocycles. The fraction of sp³-hybridized carbons (Fsp3) is 0.591. The van der Waals surface area contributed by atoms with E-state index >= 15 is 0 Å². The maximum atomic E-state index is 11.2. The Morgan fingerprint density at radius 2 is 1.44 bits per heavy atom. The maximum Gasteiger partial charge on any atom is 0.219 e. The number of nitrogens with zero attached hydrogens (tertiary/aromatic N) is 1. The molecule has 0 aromatic carbocycles. The lowest BCUT2D eigenvalue weighted by Crippen LogP contribution is -2.30. The van der Waals surface area contributed by atoms with Crippen LogP contribution in [0.1, 0.15) is 68.2 Å². The second-order valence-corrected chi connectivity index (χ2v) is 4.50. The van der Waals surface area contributed by atoms with Gasteiger partial charge in [0.15, 0.2) is 0 Å². The van der Waals surface area contributed by atoms with E-state index in [9.17, 15) is 14.4 Å². The third-order valence-corrected chi connectivity index (χ3v) is 3.20. The van der Waals surface area contributed by atoms with Crippen molar-refractivity contribution in [3.8, 4) is 0 Å². The van der Waals surface area contributed by atoms with Crippen LogP contribution in [0.4, 0.5) is 0 Å². The van der Waals surface area contributed by atoms with Crippen molar-refractivity contribution in [2.45, 2.75) is 74.3 Å². The van der Waals surface area contributed by atoms with Gasteiger partial charge in [0.1, 0.15) is 12.6 Å². The van der Waals surface area contributed by atoms with Crippen LogP contribution < -0.4 is 5.32 Å². The molecule has 0 heterocycles. The number of allylic oxidation sites excluding steroid dienone is 5. The standard InChI is InChI=1S/C16H24N2O3.3C2H6/c1-5-13(14(6-2)11-19)9-10-18(4)15(12-20)7-8-16(21)17-3;3*1-2/h5-6,9-12,15H,7-8H2,1-4H3,(H,17,21);3*1-2H3/b10-9-,13-5-,14-6-;;;. The highest BCUT2D eigenvalue weighted by atomic mass is 16.1. The lowest BCUT2D eigenvalue weighted by molar-refractivity contribution is -0.121. The fourth-order valence-corrected chi connectivity index (χ4v) is 1.74. The Labute approximate surface area is 167 Å². The molecule has 0 radical (unpaired) electrons. The summed E-state index contributed by atoms with van der Waals surface area (Å²) in [5, 5.41) is 2.53. The zero-order chi connectivity index (χ0) is 22.3. The molecule has 27 heavy (non-hydrogen) atoms. The van der Waals surface area contributed by atoms with Gasteiger partial charge in [-0.2, -0.15) is 0 Å². The second-order valence-electron chi connectivity index (χ2n) is 4.50. The Kier molecular flexibility index (Phi) is 31.4. The Balaban J connectivity index is -0.000000397. The Morgan fingerprint density at radius 1 is 0.963 bits per heavy atom. The molecule has 158 valence electrons. The Morgan fingerprint density at radius 3 is 1.78 bits per heavy atom. The molecule has 5 heteroatoms. The van der Waals surface area contributed by atoms with Gasteiger partial charge in [0, 0.05) is 32.3 Å². The molecule has 1 amide bonds. The molecule has 0 spiro atoms. The summed E-state index contributed by atoms with van der Waals surface area (Å²) in [6, 6.07) is -0.373. The van der Waals surface area contributed by atoms with Crippen molar-refractivity contribution in [3.05, 3.63) is 35.6 Å². The third-order valence-electron chi connectivity index (χ3n) is 3.20. The zero-order valence-electron chi connectivity index (χ0n) is 19.1. The predicted octanol–water partition coefficient (Wildman–Crippen LogP) is 4.70. The Hall–Kier alpha value is -2.17. The lowest BCUT2D eigenvalue weighted by Gasteiger charge is -2.21. The van der Waals surface area contributed by atoms with Crippen molar-refractivity contribution in [3.63, 3.8) is 0 Å². The van der Waals surface area contributed by atoms with Crippen LogP contribution >= 0.6 is 0 Å². The van der Waals surface area contributed by atoms with Gasteiger partial charge in [-0.1, -0.05) is 53.7 Å². The Bertz CT molecular complexity index is 452. The van der Waals surface area contributed by atoms with Gasteiger partial charge in [-0.25, -0.2) is 0 Å². The average molecular weight is 383 g/mol. The molecule has 0 bridgehead atoms. The van der Waals surface area contributed by atoms with Crippen molar-refractivity contribution in [2.75, 3.05) is 14.1 Å². The number of likely N-dealkylation sites (N-methyl/N-ethyl adjacent to an activating group) is 1. The minimum atomic E-state index is -0.373. The van der Waals surface area contributed by atoms with E-state index < -0.39 is 0 Å². The molecular weight excluding hydrogens is 340 g/mol. The van der Waals surface area contributed by atoms with Crippen LogP contribution in [0.15, 0.2) is 35.6 Å². The maximum absolute atomic E-state index is 11.2. The summed E-state index contributed by atoms with van der Waals surface area (Å²) in [5.41, 5.74) is 1.38. The molecule has 1 atom stereocenters. The fourth-order valence-electron chi connectivity index (χ4n) is 1.74. The van der Waals surface area contributed by atoms with Crippen molar-refractivity contribution in [1.29, 1.82) is 0 Å². The molecule has 0 aliphatic heterocycles. The highest BCUT2D eigenvalue weighted by Gasteiger charge is 2.12. The monoisotopic (exact) mass is 382 g/mol. The van der Waals surface area contributed by atoms with Gasteiger partial charge in [0.25, 0.3) is 0 Å². The normalized spacial score (nSPS) is 11.5. The van der Waals surface area contributed by atoms with E-state index in [1.165, 1.54) is 0 Å². The van der Waals surface area contributed by atoms with Crippen molar-refractivity contribution < 1.29 is 14.4 Å². The molecule has 0 aromatic heterocycles. The highest BCUT2D eigenvalue weighted by molar-refractivity contribution is 5.81. The summed E-state index contributed by atoms with van der Waals surface area (Å²) in [7, 11) is 3.33. The topological polar surface area (TPSA) is 66.5 Å². The molecule has 0 aliphatic rings. The molecule has 1 unspecified atom stereocenters. The summed E-state index contributed by atoms with van der Waals surface area (Å²) >= 11 is 0. The van der Waals surface area contributed by atoms with E-state index in [0.717, 1.165) is 18.1 Å². The van der Waals surface area contributed by atoms with Gasteiger partial charge in [-0.05, 0) is 31.9 Å². The number of carbonyl (C=O) groups is 3. The first kappa shape index (κ1) is 32.5. The summed E-state index contributed by atoms with van der Waals surface area (Å²) in [4.78, 5) is 35.0. The lowest BCUT2D eigenvalue weighted by atomic mass is 10.1. The van der Waals surface area contributed by atoms with Crippen molar-refractivity contribution >= 4 is 18.5 Å². The first-order valence-electron chi connectivity index (χ1n) is 9.88. The summed E-state index contributed by atoms with van der Waals surface area (Å²) in [5.74, 6) is -0.0921. The number of rotatable bonds is 9. The molecule has 5 nitrogen and oxygen atoms in total. The molecule has 0 aliphatic carbocycles. The quantitative estimate of drug-likeness (QED) is 0.357. The summed E-state index contributed by atoms with van der Waals surface area (Å²) in [6.45, 7) is 15.6. The number of nitrogens with one attached hydrogen (secondary N) is 1. The van der Waals surface area contributed by atoms with E-state index in [1.807, 2.05) is 54.5 Å². The van der Waals surface area contributed by atoms with Gasteiger partial charge >= 0.3 is 0 Å². The molecule has 0 saturated heterocycles. The number of hydrogen-bond acceptors (Lipinski definition) is 4. The first-order valence-corrected chi connectivity index (χ1v) is 9.88. The smallest absolute Gasteiger partial charge is 0.219 e. The number of aldehydes is 2.